The summed E-state index contributed by atoms with van der Waals surface area (Å²) >= 11 is 0. The second kappa shape index (κ2) is 9.61. The van der Waals surface area contributed by atoms with Crippen molar-refractivity contribution in [2.24, 2.45) is 10.4 Å². The van der Waals surface area contributed by atoms with E-state index in [1.807, 2.05) is 0 Å². The molecule has 0 radical (unpaired) electrons. The summed E-state index contributed by atoms with van der Waals surface area (Å²) in [5.41, 5.74) is 1.70. The molecule has 24 heavy (non-hydrogen) atoms. The van der Waals surface area contributed by atoms with Gasteiger partial charge in [0, 0.05) is 19.6 Å². The Morgan fingerprint density at radius 1 is 1.29 bits per heavy atom. The molecule has 4 nitrogen and oxygen atoms in total. The van der Waals surface area contributed by atoms with Crippen LogP contribution in [0, 0.1) is 5.41 Å². The molecule has 1 saturated heterocycles. The highest BCUT2D eigenvalue weighted by Gasteiger charge is 2.31. The highest BCUT2D eigenvalue weighted by Crippen LogP contribution is 2.28. The summed E-state index contributed by atoms with van der Waals surface area (Å²) in [7, 11) is 4.25. The van der Waals surface area contributed by atoms with E-state index in [9.17, 15) is 0 Å². The standard InChI is InChI=1S/C19H32N4.HI/c1-6-20-18(23-13-12-19(2,3)15-23)21-14-17(22(4)5)16-10-8-7-9-11-16;/h7-11,17H,6,12-15H2,1-5H3,(H,20,21);1H. The number of hydrogen-bond donors (Lipinski definition) is 1. The maximum atomic E-state index is 4.95. The third-order valence-electron chi connectivity index (χ3n) is 4.53. The highest BCUT2D eigenvalue weighted by atomic mass is 127. The summed E-state index contributed by atoms with van der Waals surface area (Å²) < 4.78 is 0. The summed E-state index contributed by atoms with van der Waals surface area (Å²) in [6, 6.07) is 10.9. The molecule has 1 fully saturated rings. The van der Waals surface area contributed by atoms with Crippen LogP contribution in [0.1, 0.15) is 38.8 Å². The van der Waals surface area contributed by atoms with E-state index < -0.39 is 0 Å². The molecule has 1 N–H and O–H groups in total. The van der Waals surface area contributed by atoms with Crippen molar-refractivity contribution in [2.75, 3.05) is 40.3 Å². The Morgan fingerprint density at radius 3 is 2.46 bits per heavy atom. The minimum absolute atomic E-state index is 0. The molecule has 0 aliphatic carbocycles. The summed E-state index contributed by atoms with van der Waals surface area (Å²) in [6.07, 6.45) is 1.23. The van der Waals surface area contributed by atoms with Crippen molar-refractivity contribution in [1.82, 2.24) is 15.1 Å². The van der Waals surface area contributed by atoms with Gasteiger partial charge in [-0.25, -0.2) is 0 Å². The van der Waals surface area contributed by atoms with Crippen LogP contribution in [0.2, 0.25) is 0 Å². The number of benzene rings is 1. The van der Waals surface area contributed by atoms with E-state index in [1.54, 1.807) is 0 Å². The first kappa shape index (κ1) is 21.2. The van der Waals surface area contributed by atoms with Crippen LogP contribution in [-0.2, 0) is 0 Å². The molecule has 5 heteroatoms. The first-order valence-electron chi connectivity index (χ1n) is 8.67. The maximum absolute atomic E-state index is 4.95. The van der Waals surface area contributed by atoms with Gasteiger partial charge >= 0.3 is 0 Å². The van der Waals surface area contributed by atoms with E-state index in [4.69, 9.17) is 4.99 Å². The van der Waals surface area contributed by atoms with Crippen molar-refractivity contribution >= 4 is 29.9 Å². The van der Waals surface area contributed by atoms with E-state index in [1.165, 1.54) is 12.0 Å². The van der Waals surface area contributed by atoms with Gasteiger partial charge in [-0.15, -0.1) is 24.0 Å². The fraction of sp³-hybridized carbons (Fsp3) is 0.632. The molecule has 1 aromatic carbocycles. The molecule has 1 unspecified atom stereocenters. The number of rotatable bonds is 5. The molecule has 1 atom stereocenters. The molecule has 1 heterocycles. The van der Waals surface area contributed by atoms with Crippen molar-refractivity contribution in [3.63, 3.8) is 0 Å². The van der Waals surface area contributed by atoms with Crippen LogP contribution >= 0.6 is 24.0 Å². The lowest BCUT2D eigenvalue weighted by molar-refractivity contribution is 0.304. The van der Waals surface area contributed by atoms with Crippen molar-refractivity contribution in [3.05, 3.63) is 35.9 Å². The van der Waals surface area contributed by atoms with E-state index in [0.29, 0.717) is 11.5 Å². The SMILES string of the molecule is CCNC(=NCC(c1ccccc1)N(C)C)N1CCC(C)(C)C1.I. The molecule has 0 amide bonds. The Bertz CT molecular complexity index is 513. The minimum Gasteiger partial charge on any atom is -0.357 e. The van der Waals surface area contributed by atoms with Crippen LogP contribution in [0.15, 0.2) is 35.3 Å². The molecule has 0 spiro atoms. The molecule has 136 valence electrons. The van der Waals surface area contributed by atoms with Gasteiger partial charge in [-0.1, -0.05) is 44.2 Å². The molecule has 2 rings (SSSR count). The average Bonchev–Trinajstić information content (AvgIpc) is 2.87. The second-order valence-corrected chi connectivity index (χ2v) is 7.42. The predicted octanol–water partition coefficient (Wildman–Crippen LogP) is 3.60. The lowest BCUT2D eigenvalue weighted by Crippen LogP contribution is -2.41. The van der Waals surface area contributed by atoms with Crippen LogP contribution in [-0.4, -0.2) is 56.0 Å². The molecule has 1 aromatic rings. The number of nitrogens with one attached hydrogen (secondary N) is 1. The maximum Gasteiger partial charge on any atom is 0.194 e. The Hall–Kier alpha value is -0.820. The van der Waals surface area contributed by atoms with Crippen LogP contribution in [0.25, 0.3) is 0 Å². The van der Waals surface area contributed by atoms with Crippen molar-refractivity contribution in [1.29, 1.82) is 0 Å². The Kier molecular flexibility index (Phi) is 8.50. The highest BCUT2D eigenvalue weighted by molar-refractivity contribution is 14.0. The van der Waals surface area contributed by atoms with Crippen molar-refractivity contribution < 1.29 is 0 Å². The topological polar surface area (TPSA) is 30.9 Å². The van der Waals surface area contributed by atoms with E-state index in [0.717, 1.165) is 32.1 Å². The van der Waals surface area contributed by atoms with Gasteiger partial charge in [-0.05, 0) is 38.4 Å². The number of guanidine groups is 1. The predicted molar refractivity (Wildman–Crippen MR) is 114 cm³/mol. The third-order valence-corrected chi connectivity index (χ3v) is 4.53. The molecular weight excluding hydrogens is 411 g/mol. The normalized spacial score (nSPS) is 18.4. The second-order valence-electron chi connectivity index (χ2n) is 7.42. The van der Waals surface area contributed by atoms with E-state index in [2.05, 4.69) is 80.3 Å². The van der Waals surface area contributed by atoms with E-state index >= 15 is 0 Å². The smallest absolute Gasteiger partial charge is 0.194 e. The number of hydrogen-bond acceptors (Lipinski definition) is 2. The zero-order chi connectivity index (χ0) is 16.9. The fourth-order valence-corrected chi connectivity index (χ4v) is 3.13. The number of aliphatic imine (C=N–C) groups is 1. The Balaban J connectivity index is 0.00000288. The minimum atomic E-state index is 0. The van der Waals surface area contributed by atoms with Crippen LogP contribution in [0.3, 0.4) is 0 Å². The zero-order valence-electron chi connectivity index (χ0n) is 15.7. The molecule has 0 saturated carbocycles. The molecule has 1 aliphatic rings. The van der Waals surface area contributed by atoms with Crippen LogP contribution < -0.4 is 5.32 Å². The summed E-state index contributed by atoms with van der Waals surface area (Å²) in [5, 5.41) is 3.47. The van der Waals surface area contributed by atoms with Crippen LogP contribution in [0.4, 0.5) is 0 Å². The Morgan fingerprint density at radius 2 is 1.96 bits per heavy atom. The first-order valence-corrected chi connectivity index (χ1v) is 8.67. The number of likely N-dealkylation sites (tertiary alicyclic amines) is 1. The van der Waals surface area contributed by atoms with Gasteiger partial charge in [-0.2, -0.15) is 0 Å². The largest absolute Gasteiger partial charge is 0.357 e. The van der Waals surface area contributed by atoms with Gasteiger partial charge in [0.15, 0.2) is 5.96 Å². The number of halogens is 1. The van der Waals surface area contributed by atoms with Gasteiger partial charge in [-0.3, -0.25) is 4.99 Å². The third kappa shape index (κ3) is 5.92. The lowest BCUT2D eigenvalue weighted by Gasteiger charge is -2.26. The number of nitrogens with zero attached hydrogens (tertiary/aromatic N) is 3. The van der Waals surface area contributed by atoms with Gasteiger partial charge in [0.2, 0.25) is 0 Å². The number of likely N-dealkylation sites (N-methyl/N-ethyl adjacent to an activating group) is 1. The first-order chi connectivity index (χ1) is 10.9. The molecule has 1 aliphatic heterocycles. The lowest BCUT2D eigenvalue weighted by atomic mass is 9.93. The van der Waals surface area contributed by atoms with Gasteiger partial charge in [0.1, 0.15) is 0 Å². The summed E-state index contributed by atoms with van der Waals surface area (Å²) in [4.78, 5) is 9.60. The van der Waals surface area contributed by atoms with Crippen LogP contribution in [0.5, 0.6) is 0 Å². The monoisotopic (exact) mass is 444 g/mol. The van der Waals surface area contributed by atoms with Crippen molar-refractivity contribution in [3.8, 4) is 0 Å². The van der Waals surface area contributed by atoms with Crippen molar-refractivity contribution in [2.45, 2.75) is 33.2 Å². The average molecular weight is 444 g/mol. The quantitative estimate of drug-likeness (QED) is 0.428. The molecule has 0 aromatic heterocycles. The van der Waals surface area contributed by atoms with Gasteiger partial charge in [0.25, 0.3) is 0 Å². The fourth-order valence-electron chi connectivity index (χ4n) is 3.13. The summed E-state index contributed by atoms with van der Waals surface area (Å²) in [5.74, 6) is 1.06. The van der Waals surface area contributed by atoms with Gasteiger partial charge < -0.3 is 15.1 Å². The summed E-state index contributed by atoms with van der Waals surface area (Å²) in [6.45, 7) is 10.7. The Labute approximate surface area is 164 Å². The van der Waals surface area contributed by atoms with E-state index in [-0.39, 0.29) is 24.0 Å². The van der Waals surface area contributed by atoms with Gasteiger partial charge in [0.05, 0.1) is 12.6 Å². The molecule has 0 bridgehead atoms. The zero-order valence-corrected chi connectivity index (χ0v) is 18.1. The molecular formula is C19H33IN4.